The molecule has 0 bridgehead atoms. The summed E-state index contributed by atoms with van der Waals surface area (Å²) < 4.78 is 5.42. The molecule has 0 atom stereocenters. The Labute approximate surface area is 138 Å². The van der Waals surface area contributed by atoms with Gasteiger partial charge >= 0.3 is 0 Å². The van der Waals surface area contributed by atoms with Gasteiger partial charge in [-0.15, -0.1) is 0 Å². The van der Waals surface area contributed by atoms with Crippen molar-refractivity contribution in [3.05, 3.63) is 59.6 Å². The van der Waals surface area contributed by atoms with E-state index < -0.39 is 0 Å². The monoisotopic (exact) mass is 327 g/mol. The molecule has 0 fully saturated rings. The third kappa shape index (κ3) is 3.24. The standard InChI is InChI=1S/C17H14ClN3O2/c1-3-12(22)9-11-5-4-10(2)8-14(11)19-16-15-13(6-7-23-15)20-17(18)21-16/h3-8H,1,9H2,2H3,(H,19,20,21). The van der Waals surface area contributed by atoms with E-state index in [9.17, 15) is 4.79 Å². The molecule has 0 aliphatic carbocycles. The van der Waals surface area contributed by atoms with Crippen LogP contribution in [0.2, 0.25) is 5.28 Å². The van der Waals surface area contributed by atoms with Gasteiger partial charge < -0.3 is 9.73 Å². The number of fused-ring (bicyclic) bond motifs is 1. The molecule has 116 valence electrons. The smallest absolute Gasteiger partial charge is 0.225 e. The van der Waals surface area contributed by atoms with E-state index in [1.54, 1.807) is 6.07 Å². The topological polar surface area (TPSA) is 68.0 Å². The maximum Gasteiger partial charge on any atom is 0.225 e. The van der Waals surface area contributed by atoms with Crippen molar-refractivity contribution in [2.45, 2.75) is 13.3 Å². The number of nitrogens with zero attached hydrogens (tertiary/aromatic N) is 2. The van der Waals surface area contributed by atoms with Gasteiger partial charge in [-0.3, -0.25) is 4.79 Å². The van der Waals surface area contributed by atoms with Crippen molar-refractivity contribution in [2.75, 3.05) is 5.32 Å². The number of nitrogens with one attached hydrogen (secondary N) is 1. The van der Waals surface area contributed by atoms with Gasteiger partial charge in [-0.1, -0.05) is 18.7 Å². The SMILES string of the molecule is C=CC(=O)Cc1ccc(C)cc1Nc1nc(Cl)nc2ccoc12. The van der Waals surface area contributed by atoms with Crippen molar-refractivity contribution in [3.8, 4) is 0 Å². The highest BCUT2D eigenvalue weighted by Gasteiger charge is 2.13. The minimum absolute atomic E-state index is 0.0548. The van der Waals surface area contributed by atoms with Gasteiger partial charge in [0.15, 0.2) is 17.2 Å². The molecule has 3 aromatic rings. The van der Waals surface area contributed by atoms with Crippen LogP contribution in [0.1, 0.15) is 11.1 Å². The molecule has 0 saturated heterocycles. The summed E-state index contributed by atoms with van der Waals surface area (Å²) in [5.41, 5.74) is 3.79. The third-order valence-electron chi connectivity index (χ3n) is 3.39. The summed E-state index contributed by atoms with van der Waals surface area (Å²) in [6.45, 7) is 5.48. The Bertz CT molecular complexity index is 902. The zero-order valence-electron chi connectivity index (χ0n) is 12.5. The number of hydrogen-bond acceptors (Lipinski definition) is 5. The molecule has 1 N–H and O–H groups in total. The molecule has 3 rings (SSSR count). The van der Waals surface area contributed by atoms with Gasteiger partial charge in [0.2, 0.25) is 5.28 Å². The highest BCUT2D eigenvalue weighted by atomic mass is 35.5. The number of carbonyl (C=O) groups is 1. The van der Waals surface area contributed by atoms with Crippen LogP contribution in [-0.2, 0) is 11.2 Å². The van der Waals surface area contributed by atoms with Gasteiger partial charge in [0.25, 0.3) is 0 Å². The van der Waals surface area contributed by atoms with Crippen LogP contribution in [0.4, 0.5) is 11.5 Å². The second kappa shape index (κ2) is 6.22. The van der Waals surface area contributed by atoms with Crippen molar-refractivity contribution >= 4 is 40.0 Å². The van der Waals surface area contributed by atoms with E-state index >= 15 is 0 Å². The molecule has 0 spiro atoms. The Balaban J connectivity index is 2.04. The third-order valence-corrected chi connectivity index (χ3v) is 3.56. The lowest BCUT2D eigenvalue weighted by atomic mass is 10.0. The van der Waals surface area contributed by atoms with Crippen molar-refractivity contribution in [2.24, 2.45) is 0 Å². The van der Waals surface area contributed by atoms with Crippen molar-refractivity contribution in [1.29, 1.82) is 0 Å². The number of aromatic nitrogens is 2. The highest BCUT2D eigenvalue weighted by molar-refractivity contribution is 6.28. The largest absolute Gasteiger partial charge is 0.459 e. The number of ketones is 1. The lowest BCUT2D eigenvalue weighted by Crippen LogP contribution is -2.04. The molecule has 0 aliphatic heterocycles. The number of anilines is 2. The molecule has 0 radical (unpaired) electrons. The fraction of sp³-hybridized carbons (Fsp3) is 0.118. The molecule has 6 heteroatoms. The summed E-state index contributed by atoms with van der Waals surface area (Å²) in [4.78, 5) is 20.0. The minimum atomic E-state index is -0.0548. The van der Waals surface area contributed by atoms with Crippen LogP contribution in [-0.4, -0.2) is 15.8 Å². The van der Waals surface area contributed by atoms with E-state index in [2.05, 4.69) is 21.9 Å². The molecular weight excluding hydrogens is 314 g/mol. The molecule has 1 aromatic carbocycles. The van der Waals surface area contributed by atoms with E-state index in [0.717, 1.165) is 16.8 Å². The van der Waals surface area contributed by atoms with Gasteiger partial charge in [-0.2, -0.15) is 4.98 Å². The van der Waals surface area contributed by atoms with Crippen molar-refractivity contribution < 1.29 is 9.21 Å². The first-order valence-corrected chi connectivity index (χ1v) is 7.37. The Morgan fingerprint density at radius 2 is 2.22 bits per heavy atom. The van der Waals surface area contributed by atoms with E-state index in [1.807, 2.05) is 25.1 Å². The molecule has 2 heterocycles. The summed E-state index contributed by atoms with van der Waals surface area (Å²) in [7, 11) is 0. The number of carbonyl (C=O) groups excluding carboxylic acids is 1. The minimum Gasteiger partial charge on any atom is -0.459 e. The molecule has 23 heavy (non-hydrogen) atoms. The van der Waals surface area contributed by atoms with E-state index in [0.29, 0.717) is 16.9 Å². The normalized spacial score (nSPS) is 10.7. The van der Waals surface area contributed by atoms with E-state index in [-0.39, 0.29) is 17.5 Å². The molecular formula is C17H14ClN3O2. The van der Waals surface area contributed by atoms with Gasteiger partial charge in [-0.25, -0.2) is 4.98 Å². The maximum absolute atomic E-state index is 11.7. The lowest BCUT2D eigenvalue weighted by Gasteiger charge is -2.12. The first-order chi connectivity index (χ1) is 11.1. The fourth-order valence-corrected chi connectivity index (χ4v) is 2.44. The highest BCUT2D eigenvalue weighted by Crippen LogP contribution is 2.28. The van der Waals surface area contributed by atoms with Gasteiger partial charge in [0, 0.05) is 18.2 Å². The Kier molecular flexibility index (Phi) is 4.12. The lowest BCUT2D eigenvalue weighted by molar-refractivity contribution is -0.114. The Hall–Kier alpha value is -2.66. The van der Waals surface area contributed by atoms with Crippen LogP contribution in [0.3, 0.4) is 0 Å². The molecule has 0 saturated carbocycles. The van der Waals surface area contributed by atoms with Crippen LogP contribution >= 0.6 is 11.6 Å². The van der Waals surface area contributed by atoms with Crippen LogP contribution in [0, 0.1) is 6.92 Å². The molecule has 0 aliphatic rings. The Morgan fingerprint density at radius 3 is 3.00 bits per heavy atom. The quantitative estimate of drug-likeness (QED) is 0.561. The van der Waals surface area contributed by atoms with Crippen LogP contribution < -0.4 is 5.32 Å². The number of benzene rings is 1. The van der Waals surface area contributed by atoms with Gasteiger partial charge in [0.1, 0.15) is 5.52 Å². The number of hydrogen-bond donors (Lipinski definition) is 1. The molecule has 5 nitrogen and oxygen atoms in total. The summed E-state index contributed by atoms with van der Waals surface area (Å²) >= 11 is 5.95. The van der Waals surface area contributed by atoms with Gasteiger partial charge in [-0.05, 0) is 41.8 Å². The van der Waals surface area contributed by atoms with Gasteiger partial charge in [0.05, 0.1) is 6.26 Å². The predicted molar refractivity (Wildman–Crippen MR) is 90.2 cm³/mol. The predicted octanol–water partition coefficient (Wildman–Crippen LogP) is 4.23. The number of rotatable bonds is 5. The van der Waals surface area contributed by atoms with E-state index in [1.165, 1.54) is 12.3 Å². The first kappa shape index (κ1) is 15.2. The number of aryl methyl sites for hydroxylation is 1. The van der Waals surface area contributed by atoms with Crippen molar-refractivity contribution in [3.63, 3.8) is 0 Å². The summed E-state index contributed by atoms with van der Waals surface area (Å²) in [6, 6.07) is 7.51. The maximum atomic E-state index is 11.7. The zero-order chi connectivity index (χ0) is 16.4. The van der Waals surface area contributed by atoms with Crippen LogP contribution in [0.25, 0.3) is 11.1 Å². The number of allylic oxidation sites excluding steroid dienone is 1. The Morgan fingerprint density at radius 1 is 1.39 bits per heavy atom. The summed E-state index contributed by atoms with van der Waals surface area (Å²) in [6.07, 6.45) is 3.10. The fourth-order valence-electron chi connectivity index (χ4n) is 2.27. The van der Waals surface area contributed by atoms with Crippen LogP contribution in [0.5, 0.6) is 0 Å². The molecule has 0 amide bonds. The first-order valence-electron chi connectivity index (χ1n) is 6.99. The number of furan rings is 1. The summed E-state index contributed by atoms with van der Waals surface area (Å²) in [5.74, 6) is 0.406. The second-order valence-electron chi connectivity index (χ2n) is 5.11. The van der Waals surface area contributed by atoms with Crippen molar-refractivity contribution in [1.82, 2.24) is 9.97 Å². The van der Waals surface area contributed by atoms with E-state index in [4.69, 9.17) is 16.0 Å². The second-order valence-corrected chi connectivity index (χ2v) is 5.45. The molecule has 2 aromatic heterocycles. The zero-order valence-corrected chi connectivity index (χ0v) is 13.2. The average Bonchev–Trinajstić information content (AvgIpc) is 2.98. The average molecular weight is 328 g/mol. The van der Waals surface area contributed by atoms with Crippen LogP contribution in [0.15, 0.2) is 47.6 Å². The summed E-state index contributed by atoms with van der Waals surface area (Å²) in [5, 5.41) is 3.32. The number of halogens is 1. The molecule has 0 unspecified atom stereocenters.